The molecule has 1 aromatic heterocycles. The van der Waals surface area contributed by atoms with Gasteiger partial charge in [-0.25, -0.2) is 4.98 Å². The Morgan fingerprint density at radius 2 is 1.73 bits per heavy atom. The van der Waals surface area contributed by atoms with Gasteiger partial charge in [0.1, 0.15) is 11.6 Å². The zero-order valence-corrected chi connectivity index (χ0v) is 13.7. The zero-order chi connectivity index (χ0) is 15.4. The van der Waals surface area contributed by atoms with Crippen molar-refractivity contribution in [2.75, 3.05) is 7.11 Å². The Morgan fingerprint density at radius 3 is 2.41 bits per heavy atom. The number of aromatic amines is 1. The van der Waals surface area contributed by atoms with Crippen LogP contribution in [0.25, 0.3) is 23.4 Å². The highest BCUT2D eigenvalue weighted by Crippen LogP contribution is 2.21. The number of hydrogen-bond acceptors (Lipinski definition) is 2. The van der Waals surface area contributed by atoms with E-state index in [-0.39, 0.29) is 0 Å². The summed E-state index contributed by atoms with van der Waals surface area (Å²) in [7, 11) is 1.66. The van der Waals surface area contributed by atoms with Crippen molar-refractivity contribution in [1.82, 2.24) is 9.97 Å². The van der Waals surface area contributed by atoms with Gasteiger partial charge >= 0.3 is 0 Å². The second-order valence-electron chi connectivity index (χ2n) is 4.80. The molecule has 22 heavy (non-hydrogen) atoms. The molecule has 0 bridgehead atoms. The number of nitrogens with one attached hydrogen (secondary N) is 1. The maximum Gasteiger partial charge on any atom is 0.130 e. The minimum atomic E-state index is 0.828. The first-order valence-electron chi connectivity index (χ1n) is 6.88. The fraction of sp³-hybridized carbons (Fsp3) is 0.0556. The lowest BCUT2D eigenvalue weighted by Crippen LogP contribution is -1.83. The molecule has 0 saturated heterocycles. The summed E-state index contributed by atoms with van der Waals surface area (Å²) in [5.41, 5.74) is 3.19. The van der Waals surface area contributed by atoms with Crippen LogP contribution in [-0.2, 0) is 0 Å². The molecule has 0 saturated carbocycles. The average molecular weight is 355 g/mol. The van der Waals surface area contributed by atoms with Crippen LogP contribution in [0.3, 0.4) is 0 Å². The smallest absolute Gasteiger partial charge is 0.130 e. The van der Waals surface area contributed by atoms with Gasteiger partial charge in [0.15, 0.2) is 0 Å². The van der Waals surface area contributed by atoms with Crippen LogP contribution in [-0.4, -0.2) is 17.1 Å². The topological polar surface area (TPSA) is 37.9 Å². The molecule has 4 heteroatoms. The maximum absolute atomic E-state index is 5.17. The number of imidazole rings is 1. The summed E-state index contributed by atoms with van der Waals surface area (Å²) in [5.74, 6) is 1.67. The number of H-pyrrole nitrogens is 1. The Morgan fingerprint density at radius 1 is 1.00 bits per heavy atom. The molecule has 0 amide bonds. The van der Waals surface area contributed by atoms with Gasteiger partial charge < -0.3 is 9.72 Å². The first-order chi connectivity index (χ1) is 10.7. The van der Waals surface area contributed by atoms with E-state index in [9.17, 15) is 0 Å². The van der Waals surface area contributed by atoms with Gasteiger partial charge in [0.25, 0.3) is 0 Å². The predicted octanol–water partition coefficient (Wildman–Crippen LogP) is 5.02. The summed E-state index contributed by atoms with van der Waals surface area (Å²) in [6.07, 6.45) is 5.84. The van der Waals surface area contributed by atoms with Crippen molar-refractivity contribution in [2.45, 2.75) is 0 Å². The molecule has 2 aromatic carbocycles. The quantitative estimate of drug-likeness (QED) is 0.714. The standard InChI is InChI=1S/C18H15BrN2O/c1-22-16-9-5-14(6-10-16)17-12-20-18(21-17)11-4-13-2-7-15(19)8-3-13/h2-12H,1H3,(H,20,21)/b11-4+. The third-order valence-corrected chi connectivity index (χ3v) is 3.83. The molecule has 0 spiro atoms. The van der Waals surface area contributed by atoms with Crippen LogP contribution in [0.1, 0.15) is 11.4 Å². The number of rotatable bonds is 4. The van der Waals surface area contributed by atoms with E-state index >= 15 is 0 Å². The fourth-order valence-corrected chi connectivity index (χ4v) is 2.35. The van der Waals surface area contributed by atoms with E-state index in [1.165, 1.54) is 0 Å². The Kier molecular flexibility index (Phi) is 4.39. The van der Waals surface area contributed by atoms with Crippen LogP contribution in [0.4, 0.5) is 0 Å². The lowest BCUT2D eigenvalue weighted by Gasteiger charge is -2.00. The molecule has 0 radical (unpaired) electrons. The summed E-state index contributed by atoms with van der Waals surface area (Å²) >= 11 is 3.43. The van der Waals surface area contributed by atoms with E-state index in [4.69, 9.17) is 4.74 Å². The number of hydrogen-bond donors (Lipinski definition) is 1. The minimum absolute atomic E-state index is 0.828. The highest BCUT2D eigenvalue weighted by atomic mass is 79.9. The van der Waals surface area contributed by atoms with E-state index in [2.05, 4.69) is 25.9 Å². The fourth-order valence-electron chi connectivity index (χ4n) is 2.09. The Hall–Kier alpha value is -2.33. The summed E-state index contributed by atoms with van der Waals surface area (Å²) in [4.78, 5) is 7.69. The number of ether oxygens (including phenoxy) is 1. The maximum atomic E-state index is 5.17. The van der Waals surface area contributed by atoms with Gasteiger partial charge in [-0.2, -0.15) is 0 Å². The predicted molar refractivity (Wildman–Crippen MR) is 93.6 cm³/mol. The highest BCUT2D eigenvalue weighted by molar-refractivity contribution is 9.10. The van der Waals surface area contributed by atoms with Crippen molar-refractivity contribution in [3.8, 4) is 17.0 Å². The molecule has 3 nitrogen and oxygen atoms in total. The van der Waals surface area contributed by atoms with Crippen LogP contribution < -0.4 is 4.74 Å². The molecular formula is C18H15BrN2O. The van der Waals surface area contributed by atoms with Gasteiger partial charge in [0.05, 0.1) is 19.0 Å². The zero-order valence-electron chi connectivity index (χ0n) is 12.1. The van der Waals surface area contributed by atoms with Crippen LogP contribution in [0.2, 0.25) is 0 Å². The van der Waals surface area contributed by atoms with E-state index in [1.54, 1.807) is 7.11 Å². The summed E-state index contributed by atoms with van der Waals surface area (Å²) < 4.78 is 6.24. The molecule has 3 rings (SSSR count). The molecule has 0 fully saturated rings. The van der Waals surface area contributed by atoms with Crippen molar-refractivity contribution < 1.29 is 4.74 Å². The van der Waals surface area contributed by atoms with Crippen molar-refractivity contribution in [3.05, 3.63) is 70.6 Å². The summed E-state index contributed by atoms with van der Waals surface area (Å²) in [5, 5.41) is 0. The van der Waals surface area contributed by atoms with E-state index in [0.29, 0.717) is 0 Å². The van der Waals surface area contributed by atoms with Crippen molar-refractivity contribution in [2.24, 2.45) is 0 Å². The molecule has 0 aliphatic heterocycles. The minimum Gasteiger partial charge on any atom is -0.497 e. The molecule has 0 atom stereocenters. The normalized spacial score (nSPS) is 11.0. The number of benzene rings is 2. The van der Waals surface area contributed by atoms with Gasteiger partial charge in [0.2, 0.25) is 0 Å². The number of aromatic nitrogens is 2. The molecule has 110 valence electrons. The number of methoxy groups -OCH3 is 1. The average Bonchev–Trinajstić information content (AvgIpc) is 3.03. The monoisotopic (exact) mass is 354 g/mol. The molecule has 0 aliphatic carbocycles. The Labute approximate surface area is 137 Å². The van der Waals surface area contributed by atoms with Crippen LogP contribution in [0, 0.1) is 0 Å². The van der Waals surface area contributed by atoms with Crippen LogP contribution in [0.15, 0.2) is 59.2 Å². The Balaban J connectivity index is 1.76. The number of halogens is 1. The summed E-state index contributed by atoms with van der Waals surface area (Å²) in [6.45, 7) is 0. The van der Waals surface area contributed by atoms with Crippen molar-refractivity contribution in [3.63, 3.8) is 0 Å². The van der Waals surface area contributed by atoms with E-state index < -0.39 is 0 Å². The van der Waals surface area contributed by atoms with Crippen molar-refractivity contribution >= 4 is 28.1 Å². The SMILES string of the molecule is COc1ccc(-c2cnc(/C=C/c3ccc(Br)cc3)[nH]2)cc1. The van der Waals surface area contributed by atoms with Crippen LogP contribution >= 0.6 is 15.9 Å². The van der Waals surface area contributed by atoms with Gasteiger partial charge in [-0.1, -0.05) is 34.1 Å². The number of nitrogens with zero attached hydrogens (tertiary/aromatic N) is 1. The lowest BCUT2D eigenvalue weighted by molar-refractivity contribution is 0.415. The molecule has 1 N–H and O–H groups in total. The molecule has 1 heterocycles. The van der Waals surface area contributed by atoms with Crippen LogP contribution in [0.5, 0.6) is 5.75 Å². The first-order valence-corrected chi connectivity index (χ1v) is 7.67. The third-order valence-electron chi connectivity index (χ3n) is 3.30. The highest BCUT2D eigenvalue weighted by Gasteiger charge is 2.01. The third kappa shape index (κ3) is 3.46. The largest absolute Gasteiger partial charge is 0.497 e. The van der Waals surface area contributed by atoms with E-state index in [0.717, 1.165) is 32.9 Å². The van der Waals surface area contributed by atoms with Gasteiger partial charge in [0, 0.05) is 4.47 Å². The molecular weight excluding hydrogens is 340 g/mol. The second kappa shape index (κ2) is 6.62. The molecule has 0 aliphatic rings. The first kappa shape index (κ1) is 14.6. The summed E-state index contributed by atoms with van der Waals surface area (Å²) in [6, 6.07) is 16.0. The second-order valence-corrected chi connectivity index (χ2v) is 5.71. The van der Waals surface area contributed by atoms with Crippen molar-refractivity contribution in [1.29, 1.82) is 0 Å². The van der Waals surface area contributed by atoms with Gasteiger partial charge in [-0.15, -0.1) is 0 Å². The van der Waals surface area contributed by atoms with Gasteiger partial charge in [-0.05, 0) is 53.6 Å². The van der Waals surface area contributed by atoms with Gasteiger partial charge in [-0.3, -0.25) is 0 Å². The lowest BCUT2D eigenvalue weighted by atomic mass is 10.2. The molecule has 0 unspecified atom stereocenters. The van der Waals surface area contributed by atoms with E-state index in [1.807, 2.05) is 66.9 Å². The Bertz CT molecular complexity index is 774. The molecule has 3 aromatic rings.